The zero-order valence-corrected chi connectivity index (χ0v) is 23.2. The number of para-hydroxylation sites is 1. The fraction of sp³-hybridized carbons (Fsp3) is 0.0270. The van der Waals surface area contributed by atoms with Gasteiger partial charge >= 0.3 is 0 Å². The number of hydrogen-bond acceptors (Lipinski definition) is 4. The third-order valence-electron chi connectivity index (χ3n) is 7.84. The van der Waals surface area contributed by atoms with Gasteiger partial charge in [-0.25, -0.2) is 9.98 Å². The summed E-state index contributed by atoms with van der Waals surface area (Å²) in [6.45, 7) is 0. The lowest BCUT2D eigenvalue weighted by molar-refractivity contribution is 0.669. The van der Waals surface area contributed by atoms with E-state index in [9.17, 15) is 0 Å². The number of halogens is 1. The van der Waals surface area contributed by atoms with Crippen LogP contribution in [0.15, 0.2) is 148 Å². The molecule has 42 heavy (non-hydrogen) atoms. The summed E-state index contributed by atoms with van der Waals surface area (Å²) in [5, 5.41) is 8.38. The second kappa shape index (κ2) is 10.0. The van der Waals surface area contributed by atoms with Crippen LogP contribution in [0.1, 0.15) is 22.9 Å². The summed E-state index contributed by atoms with van der Waals surface area (Å²) >= 11 is 6.63. The Hall–Kier alpha value is -5.19. The summed E-state index contributed by atoms with van der Waals surface area (Å²) in [4.78, 5) is 10.3. The summed E-state index contributed by atoms with van der Waals surface area (Å²) in [5.41, 5.74) is 6.79. The SMILES string of the molecule is Clc1ccc(-c2ccc(C3N=C(c4ccccc4)NC(c4ccccc4)=N3)c3ccccc23)c2c1oc1ccccc12. The Balaban J connectivity index is 1.34. The van der Waals surface area contributed by atoms with E-state index in [1.54, 1.807) is 0 Å². The Labute approximate surface area is 247 Å². The van der Waals surface area contributed by atoms with Crippen LogP contribution in [-0.2, 0) is 0 Å². The van der Waals surface area contributed by atoms with E-state index in [-0.39, 0.29) is 0 Å². The maximum atomic E-state index is 6.63. The second-order valence-electron chi connectivity index (χ2n) is 10.3. The average Bonchev–Trinajstić information content (AvgIpc) is 3.46. The van der Waals surface area contributed by atoms with E-state index >= 15 is 0 Å². The molecule has 8 rings (SSSR count). The Kier molecular flexibility index (Phi) is 5.87. The largest absolute Gasteiger partial charge is 0.454 e. The van der Waals surface area contributed by atoms with Crippen molar-refractivity contribution in [3.63, 3.8) is 0 Å². The lowest BCUT2D eigenvalue weighted by atomic mass is 9.91. The first-order valence-corrected chi connectivity index (χ1v) is 14.3. The molecule has 1 N–H and O–H groups in total. The molecule has 1 aliphatic heterocycles. The highest BCUT2D eigenvalue weighted by atomic mass is 35.5. The fourth-order valence-electron chi connectivity index (χ4n) is 5.88. The number of amidine groups is 2. The fourth-order valence-corrected chi connectivity index (χ4v) is 6.07. The number of nitrogens with one attached hydrogen (secondary N) is 1. The van der Waals surface area contributed by atoms with Gasteiger partial charge in [0.1, 0.15) is 17.3 Å². The molecule has 5 heteroatoms. The smallest absolute Gasteiger partial charge is 0.170 e. The van der Waals surface area contributed by atoms with Gasteiger partial charge in [-0.2, -0.15) is 0 Å². The number of nitrogens with zero attached hydrogens (tertiary/aromatic N) is 2. The molecule has 0 spiro atoms. The summed E-state index contributed by atoms with van der Waals surface area (Å²) in [7, 11) is 0. The van der Waals surface area contributed by atoms with E-state index < -0.39 is 6.17 Å². The second-order valence-corrected chi connectivity index (χ2v) is 10.7. The molecule has 0 saturated heterocycles. The van der Waals surface area contributed by atoms with Crippen LogP contribution in [0.5, 0.6) is 0 Å². The summed E-state index contributed by atoms with van der Waals surface area (Å²) in [5.74, 6) is 1.60. The van der Waals surface area contributed by atoms with Gasteiger partial charge in [-0.15, -0.1) is 0 Å². The Morgan fingerprint density at radius 2 is 1.12 bits per heavy atom. The highest BCUT2D eigenvalue weighted by Gasteiger charge is 2.24. The van der Waals surface area contributed by atoms with Crippen LogP contribution in [-0.4, -0.2) is 11.7 Å². The minimum absolute atomic E-state index is 0.421. The monoisotopic (exact) mass is 561 g/mol. The number of benzene rings is 6. The number of aliphatic imine (C=N–C) groups is 2. The van der Waals surface area contributed by atoms with E-state index in [1.807, 2.05) is 60.7 Å². The molecule has 0 saturated carbocycles. The third-order valence-corrected chi connectivity index (χ3v) is 8.14. The van der Waals surface area contributed by atoms with Gasteiger partial charge in [0, 0.05) is 27.5 Å². The quantitative estimate of drug-likeness (QED) is 0.232. The third kappa shape index (κ3) is 4.08. The zero-order valence-electron chi connectivity index (χ0n) is 22.5. The number of fused-ring (bicyclic) bond motifs is 4. The van der Waals surface area contributed by atoms with Gasteiger partial charge in [0.25, 0.3) is 0 Å². The van der Waals surface area contributed by atoms with Crippen LogP contribution in [0, 0.1) is 0 Å². The number of rotatable bonds is 4. The molecule has 1 aliphatic rings. The van der Waals surface area contributed by atoms with E-state index in [1.165, 1.54) is 0 Å². The first-order valence-electron chi connectivity index (χ1n) is 13.9. The summed E-state index contributed by atoms with van der Waals surface area (Å²) in [6.07, 6.45) is -0.421. The van der Waals surface area contributed by atoms with E-state index in [0.29, 0.717) is 10.6 Å². The van der Waals surface area contributed by atoms with Crippen molar-refractivity contribution in [2.24, 2.45) is 9.98 Å². The zero-order chi connectivity index (χ0) is 28.0. The van der Waals surface area contributed by atoms with Crippen molar-refractivity contribution < 1.29 is 4.42 Å². The van der Waals surface area contributed by atoms with Crippen molar-refractivity contribution in [3.8, 4) is 11.1 Å². The molecule has 0 unspecified atom stereocenters. The molecule has 6 aromatic carbocycles. The van der Waals surface area contributed by atoms with E-state index in [4.69, 9.17) is 26.0 Å². The van der Waals surface area contributed by atoms with Crippen LogP contribution < -0.4 is 5.32 Å². The van der Waals surface area contributed by atoms with Gasteiger partial charge in [-0.3, -0.25) is 0 Å². The van der Waals surface area contributed by atoms with Crippen LogP contribution in [0.4, 0.5) is 0 Å². The lowest BCUT2D eigenvalue weighted by Crippen LogP contribution is -2.36. The predicted octanol–water partition coefficient (Wildman–Crippen LogP) is 9.55. The Morgan fingerprint density at radius 3 is 1.81 bits per heavy atom. The molecule has 0 amide bonds. The van der Waals surface area contributed by atoms with Crippen LogP contribution >= 0.6 is 11.6 Å². The normalized spacial score (nSPS) is 13.7. The molecular weight excluding hydrogens is 538 g/mol. The average molecular weight is 562 g/mol. The van der Waals surface area contributed by atoms with Crippen molar-refractivity contribution in [3.05, 3.63) is 155 Å². The van der Waals surface area contributed by atoms with Gasteiger partial charge in [-0.1, -0.05) is 133 Å². The first kappa shape index (κ1) is 24.6. The molecule has 0 aliphatic carbocycles. The summed E-state index contributed by atoms with van der Waals surface area (Å²) in [6, 6.07) is 45.3. The Bertz CT molecular complexity index is 2130. The summed E-state index contributed by atoms with van der Waals surface area (Å²) < 4.78 is 6.21. The minimum atomic E-state index is -0.421. The molecule has 0 bridgehead atoms. The van der Waals surface area contributed by atoms with E-state index in [2.05, 4.69) is 78.1 Å². The Morgan fingerprint density at radius 1 is 0.548 bits per heavy atom. The van der Waals surface area contributed by atoms with Crippen LogP contribution in [0.2, 0.25) is 5.02 Å². The van der Waals surface area contributed by atoms with Crippen molar-refractivity contribution in [2.75, 3.05) is 0 Å². The van der Waals surface area contributed by atoms with Gasteiger partial charge in [0.15, 0.2) is 11.7 Å². The van der Waals surface area contributed by atoms with Gasteiger partial charge in [0.05, 0.1) is 5.02 Å². The predicted molar refractivity (Wildman–Crippen MR) is 174 cm³/mol. The standard InChI is InChI=1S/C37H24ClN3O/c38-31-22-21-28(33-30-17-9-10-18-32(30)42-34(31)33)27-19-20-29(26-16-8-7-15-25(26)27)37-40-35(23-11-3-1-4-12-23)39-36(41-37)24-13-5-2-6-14-24/h1-22,37H,(H,39,40,41). The molecule has 4 nitrogen and oxygen atoms in total. The lowest BCUT2D eigenvalue weighted by Gasteiger charge is -2.23. The van der Waals surface area contributed by atoms with Crippen molar-refractivity contribution in [2.45, 2.75) is 6.17 Å². The van der Waals surface area contributed by atoms with Gasteiger partial charge in [0.2, 0.25) is 0 Å². The highest BCUT2D eigenvalue weighted by Crippen LogP contribution is 2.43. The molecular formula is C37H24ClN3O. The van der Waals surface area contributed by atoms with E-state index in [0.717, 1.165) is 66.6 Å². The number of hydrogen-bond donors (Lipinski definition) is 1. The number of furan rings is 1. The first-order chi connectivity index (χ1) is 20.7. The van der Waals surface area contributed by atoms with Crippen molar-refractivity contribution in [1.29, 1.82) is 0 Å². The molecule has 0 fully saturated rings. The van der Waals surface area contributed by atoms with Gasteiger partial charge < -0.3 is 9.73 Å². The van der Waals surface area contributed by atoms with Gasteiger partial charge in [-0.05, 0) is 34.0 Å². The molecule has 1 aromatic heterocycles. The molecule has 2 heterocycles. The van der Waals surface area contributed by atoms with Crippen molar-refractivity contribution >= 4 is 56.0 Å². The molecule has 0 atom stereocenters. The molecule has 0 radical (unpaired) electrons. The van der Waals surface area contributed by atoms with Crippen molar-refractivity contribution in [1.82, 2.24) is 5.32 Å². The molecule has 200 valence electrons. The molecule has 7 aromatic rings. The van der Waals surface area contributed by atoms with Crippen LogP contribution in [0.25, 0.3) is 43.8 Å². The van der Waals surface area contributed by atoms with Crippen LogP contribution in [0.3, 0.4) is 0 Å². The maximum absolute atomic E-state index is 6.63. The minimum Gasteiger partial charge on any atom is -0.454 e. The maximum Gasteiger partial charge on any atom is 0.170 e. The highest BCUT2D eigenvalue weighted by molar-refractivity contribution is 6.37. The topological polar surface area (TPSA) is 49.9 Å².